The molecule has 6 heteroatoms. The molecule has 2 heterocycles. The van der Waals surface area contributed by atoms with Crippen LogP contribution in [-0.4, -0.2) is 41.4 Å². The molecule has 92 valence electrons. The third-order valence-corrected chi connectivity index (χ3v) is 2.72. The van der Waals surface area contributed by atoms with Crippen molar-refractivity contribution in [2.75, 3.05) is 19.8 Å². The molecular weight excluding hydrogens is 224 g/mol. The molecule has 2 rings (SSSR count). The number of H-pyrrole nitrogens is 1. The fourth-order valence-electron chi connectivity index (χ4n) is 1.68. The molecule has 0 aliphatic carbocycles. The first-order valence-corrected chi connectivity index (χ1v) is 5.37. The molecule has 1 aliphatic rings. The van der Waals surface area contributed by atoms with E-state index < -0.39 is 17.1 Å². The highest BCUT2D eigenvalue weighted by Gasteiger charge is 2.32. The minimum atomic E-state index is -1.02. The molecule has 1 aromatic rings. The van der Waals surface area contributed by atoms with Crippen molar-refractivity contribution in [2.45, 2.75) is 12.0 Å². The molecule has 0 saturated carbocycles. The van der Waals surface area contributed by atoms with Crippen LogP contribution in [0.2, 0.25) is 0 Å². The van der Waals surface area contributed by atoms with Crippen LogP contribution in [0.15, 0.2) is 23.1 Å². The quantitative estimate of drug-likeness (QED) is 0.646. The van der Waals surface area contributed by atoms with Crippen LogP contribution in [0.1, 0.15) is 16.8 Å². The van der Waals surface area contributed by atoms with Gasteiger partial charge in [-0.2, -0.15) is 0 Å². The minimum Gasteiger partial charge on any atom is -0.386 e. The fourth-order valence-corrected chi connectivity index (χ4v) is 1.68. The Bertz CT molecular complexity index is 463. The molecule has 1 aromatic heterocycles. The second-order valence-corrected chi connectivity index (χ2v) is 4.12. The van der Waals surface area contributed by atoms with Gasteiger partial charge in [0.25, 0.3) is 11.5 Å². The number of pyridine rings is 1. The molecule has 1 atom stereocenters. The van der Waals surface area contributed by atoms with Crippen LogP contribution in [0.5, 0.6) is 0 Å². The summed E-state index contributed by atoms with van der Waals surface area (Å²) in [6, 6.07) is 3.01. The van der Waals surface area contributed by atoms with Gasteiger partial charge in [-0.3, -0.25) is 9.59 Å². The fraction of sp³-hybridized carbons (Fsp3) is 0.455. The van der Waals surface area contributed by atoms with Gasteiger partial charge in [0, 0.05) is 25.8 Å². The Labute approximate surface area is 97.6 Å². The molecule has 3 N–H and O–H groups in total. The average Bonchev–Trinajstić information content (AvgIpc) is 2.74. The van der Waals surface area contributed by atoms with E-state index in [0.29, 0.717) is 13.0 Å². The monoisotopic (exact) mass is 238 g/mol. The van der Waals surface area contributed by atoms with E-state index in [9.17, 15) is 14.7 Å². The lowest BCUT2D eigenvalue weighted by Crippen LogP contribution is -2.44. The summed E-state index contributed by atoms with van der Waals surface area (Å²) in [5, 5.41) is 12.5. The normalized spacial score (nSPS) is 23.6. The summed E-state index contributed by atoms with van der Waals surface area (Å²) in [4.78, 5) is 25.4. The Morgan fingerprint density at radius 2 is 2.47 bits per heavy atom. The summed E-state index contributed by atoms with van der Waals surface area (Å²) < 4.78 is 5.05. The van der Waals surface area contributed by atoms with Crippen molar-refractivity contribution in [3.63, 3.8) is 0 Å². The molecule has 0 spiro atoms. The number of hydrogen-bond acceptors (Lipinski definition) is 4. The molecule has 1 aliphatic heterocycles. The zero-order valence-corrected chi connectivity index (χ0v) is 9.23. The van der Waals surface area contributed by atoms with Crippen LogP contribution in [0.4, 0.5) is 0 Å². The zero-order valence-electron chi connectivity index (χ0n) is 9.23. The third-order valence-electron chi connectivity index (χ3n) is 2.72. The third kappa shape index (κ3) is 2.72. The molecule has 1 unspecified atom stereocenters. The van der Waals surface area contributed by atoms with E-state index in [1.807, 2.05) is 0 Å². The number of carbonyl (C=O) groups excluding carboxylic acids is 1. The van der Waals surface area contributed by atoms with Gasteiger partial charge in [-0.25, -0.2) is 0 Å². The first-order chi connectivity index (χ1) is 8.11. The van der Waals surface area contributed by atoms with Crippen molar-refractivity contribution in [1.82, 2.24) is 10.3 Å². The van der Waals surface area contributed by atoms with Crippen LogP contribution in [0.25, 0.3) is 0 Å². The van der Waals surface area contributed by atoms with Crippen molar-refractivity contribution in [3.8, 4) is 0 Å². The second kappa shape index (κ2) is 4.68. The summed E-state index contributed by atoms with van der Waals surface area (Å²) in [6.45, 7) is 0.775. The van der Waals surface area contributed by atoms with Crippen LogP contribution < -0.4 is 10.9 Å². The van der Waals surface area contributed by atoms with Crippen molar-refractivity contribution in [1.29, 1.82) is 0 Å². The predicted octanol–water partition coefficient (Wildman–Crippen LogP) is -0.744. The highest BCUT2D eigenvalue weighted by Crippen LogP contribution is 2.16. The summed E-state index contributed by atoms with van der Waals surface area (Å²) in [6.07, 6.45) is 1.94. The van der Waals surface area contributed by atoms with Crippen LogP contribution >= 0.6 is 0 Å². The number of amides is 1. The number of nitrogens with one attached hydrogen (secondary N) is 2. The van der Waals surface area contributed by atoms with Crippen LogP contribution in [-0.2, 0) is 4.74 Å². The number of ether oxygens (including phenoxy) is 1. The number of carbonyl (C=O) groups is 1. The smallest absolute Gasteiger partial charge is 0.260 e. The van der Waals surface area contributed by atoms with Crippen molar-refractivity contribution in [3.05, 3.63) is 34.2 Å². The van der Waals surface area contributed by atoms with Gasteiger partial charge < -0.3 is 20.1 Å². The lowest BCUT2D eigenvalue weighted by molar-refractivity contribution is 0.0264. The summed E-state index contributed by atoms with van der Waals surface area (Å²) in [5.41, 5.74) is -1.42. The van der Waals surface area contributed by atoms with E-state index in [2.05, 4.69) is 10.3 Å². The van der Waals surface area contributed by atoms with E-state index >= 15 is 0 Å². The Hall–Kier alpha value is -1.66. The number of hydrogen-bond donors (Lipinski definition) is 3. The summed E-state index contributed by atoms with van der Waals surface area (Å²) >= 11 is 0. The van der Waals surface area contributed by atoms with Crippen LogP contribution in [0.3, 0.4) is 0 Å². The Balaban J connectivity index is 1.98. The molecule has 0 radical (unpaired) electrons. The lowest BCUT2D eigenvalue weighted by atomic mass is 10.0. The SMILES string of the molecule is O=C(NCC1(O)CCOC1)c1ccc[nH]c1=O. The Morgan fingerprint density at radius 3 is 3.12 bits per heavy atom. The van der Waals surface area contributed by atoms with Gasteiger partial charge in [-0.05, 0) is 12.1 Å². The molecule has 0 aromatic carbocycles. The number of aliphatic hydroxyl groups is 1. The van der Waals surface area contributed by atoms with E-state index in [-0.39, 0.29) is 18.7 Å². The van der Waals surface area contributed by atoms with Gasteiger partial charge in [0.2, 0.25) is 0 Å². The topological polar surface area (TPSA) is 91.4 Å². The largest absolute Gasteiger partial charge is 0.386 e. The summed E-state index contributed by atoms with van der Waals surface area (Å²) in [5.74, 6) is -0.493. The molecule has 1 fully saturated rings. The maximum atomic E-state index is 11.7. The number of rotatable bonds is 3. The maximum absolute atomic E-state index is 11.7. The zero-order chi connectivity index (χ0) is 12.3. The van der Waals surface area contributed by atoms with E-state index in [1.165, 1.54) is 12.3 Å². The first-order valence-electron chi connectivity index (χ1n) is 5.37. The standard InChI is InChI=1S/C11H14N2O4/c14-9-8(2-1-4-12-9)10(15)13-6-11(16)3-5-17-7-11/h1-2,4,16H,3,5-7H2,(H,12,14)(H,13,15). The van der Waals surface area contributed by atoms with Gasteiger partial charge in [0.05, 0.1) is 6.61 Å². The van der Waals surface area contributed by atoms with E-state index in [0.717, 1.165) is 0 Å². The second-order valence-electron chi connectivity index (χ2n) is 4.12. The minimum absolute atomic E-state index is 0.0371. The number of aromatic amines is 1. The molecular formula is C11H14N2O4. The Morgan fingerprint density at radius 1 is 1.65 bits per heavy atom. The Kier molecular flexibility index (Phi) is 3.26. The van der Waals surface area contributed by atoms with Crippen molar-refractivity contribution >= 4 is 5.91 Å². The highest BCUT2D eigenvalue weighted by molar-refractivity contribution is 5.93. The molecule has 1 saturated heterocycles. The van der Waals surface area contributed by atoms with Gasteiger partial charge in [0.15, 0.2) is 0 Å². The van der Waals surface area contributed by atoms with E-state index in [4.69, 9.17) is 4.74 Å². The predicted molar refractivity (Wildman–Crippen MR) is 59.8 cm³/mol. The van der Waals surface area contributed by atoms with Crippen molar-refractivity contribution < 1.29 is 14.6 Å². The van der Waals surface area contributed by atoms with Crippen LogP contribution in [0, 0.1) is 0 Å². The maximum Gasteiger partial charge on any atom is 0.260 e. The average molecular weight is 238 g/mol. The van der Waals surface area contributed by atoms with Gasteiger partial charge >= 0.3 is 0 Å². The molecule has 6 nitrogen and oxygen atoms in total. The van der Waals surface area contributed by atoms with Gasteiger partial charge in [-0.15, -0.1) is 0 Å². The highest BCUT2D eigenvalue weighted by atomic mass is 16.5. The molecule has 17 heavy (non-hydrogen) atoms. The molecule has 0 bridgehead atoms. The van der Waals surface area contributed by atoms with Gasteiger partial charge in [-0.1, -0.05) is 0 Å². The van der Waals surface area contributed by atoms with E-state index in [1.54, 1.807) is 6.07 Å². The van der Waals surface area contributed by atoms with Gasteiger partial charge in [0.1, 0.15) is 11.2 Å². The first kappa shape index (κ1) is 11.8. The van der Waals surface area contributed by atoms with Crippen molar-refractivity contribution in [2.24, 2.45) is 0 Å². The summed E-state index contributed by atoms with van der Waals surface area (Å²) in [7, 11) is 0. The lowest BCUT2D eigenvalue weighted by Gasteiger charge is -2.20. The number of aromatic nitrogens is 1. The molecule has 1 amide bonds.